The molecule has 6 rings (SSSR count). The number of aliphatic hydroxyl groups is 1. The van der Waals surface area contributed by atoms with Crippen LogP contribution in [0.3, 0.4) is 0 Å². The second-order valence-electron chi connectivity index (χ2n) is 14.4. The molecule has 1 aromatic heterocycles. The molecule has 3 aromatic rings. The van der Waals surface area contributed by atoms with Gasteiger partial charge in [-0.2, -0.15) is 0 Å². The molecule has 2 saturated heterocycles. The van der Waals surface area contributed by atoms with E-state index in [0.717, 1.165) is 29.5 Å². The maximum absolute atomic E-state index is 14.7. The van der Waals surface area contributed by atoms with Crippen LogP contribution >= 0.6 is 0 Å². The zero-order valence-corrected chi connectivity index (χ0v) is 27.4. The normalized spacial score (nSPS) is 22.2. The predicted molar refractivity (Wildman–Crippen MR) is 177 cm³/mol. The number of aromatic nitrogens is 1. The van der Waals surface area contributed by atoms with Gasteiger partial charge in [0.2, 0.25) is 11.8 Å². The third-order valence-electron chi connectivity index (χ3n) is 9.23. The fourth-order valence-corrected chi connectivity index (χ4v) is 6.87. The number of halogens is 1. The van der Waals surface area contributed by atoms with Gasteiger partial charge in [-0.05, 0) is 60.1 Å². The third kappa shape index (κ3) is 7.83. The lowest BCUT2D eigenvalue weighted by Gasteiger charge is -2.39. The average molecular weight is 645 g/mol. The SMILES string of the molecule is CC(C)(C)Cc1cnc2c(c1)[C@@H](NC[C@@H](O)[C@H](Cc1ccccc1)NC(=O)c1ccc(F)c(N3CCCC3=O)c1)C[C@]1(CCOC1)O2. The number of nitrogens with zero attached hydrogens (tertiary/aromatic N) is 2. The van der Waals surface area contributed by atoms with Gasteiger partial charge in [-0.1, -0.05) is 51.1 Å². The number of hydrogen-bond acceptors (Lipinski definition) is 7. The zero-order chi connectivity index (χ0) is 33.2. The molecule has 0 unspecified atom stereocenters. The second kappa shape index (κ2) is 13.7. The summed E-state index contributed by atoms with van der Waals surface area (Å²) in [5, 5.41) is 18.2. The lowest BCUT2D eigenvalue weighted by Crippen LogP contribution is -2.51. The van der Waals surface area contributed by atoms with Crippen LogP contribution in [0, 0.1) is 11.2 Å². The highest BCUT2D eigenvalue weighted by atomic mass is 19.1. The Morgan fingerprint density at radius 3 is 2.68 bits per heavy atom. The molecule has 0 radical (unpaired) electrons. The van der Waals surface area contributed by atoms with E-state index < -0.39 is 29.5 Å². The van der Waals surface area contributed by atoms with Gasteiger partial charge in [0, 0.05) is 55.7 Å². The number of rotatable bonds is 10. The van der Waals surface area contributed by atoms with E-state index in [4.69, 9.17) is 14.5 Å². The summed E-state index contributed by atoms with van der Waals surface area (Å²) in [5.41, 5.74) is 2.95. The Balaban J connectivity index is 1.22. The molecule has 0 bridgehead atoms. The van der Waals surface area contributed by atoms with Crippen molar-refractivity contribution in [3.63, 3.8) is 0 Å². The molecule has 3 aliphatic rings. The first-order valence-electron chi connectivity index (χ1n) is 16.6. The summed E-state index contributed by atoms with van der Waals surface area (Å²) in [5.74, 6) is -0.577. The fraction of sp³-hybridized carbons (Fsp3) is 0.486. The van der Waals surface area contributed by atoms with E-state index in [1.807, 2.05) is 36.5 Å². The molecule has 4 heterocycles. The minimum Gasteiger partial charge on any atom is -0.468 e. The van der Waals surface area contributed by atoms with E-state index in [2.05, 4.69) is 37.5 Å². The van der Waals surface area contributed by atoms with Crippen molar-refractivity contribution in [1.82, 2.24) is 15.6 Å². The van der Waals surface area contributed by atoms with Gasteiger partial charge in [0.1, 0.15) is 11.4 Å². The van der Waals surface area contributed by atoms with Crippen molar-refractivity contribution in [2.75, 3.05) is 31.2 Å². The van der Waals surface area contributed by atoms with Gasteiger partial charge in [0.05, 0.1) is 31.0 Å². The first-order valence-corrected chi connectivity index (χ1v) is 16.6. The Bertz CT molecular complexity index is 1590. The quantitative estimate of drug-likeness (QED) is 0.288. The number of fused-ring (bicyclic) bond motifs is 1. The summed E-state index contributed by atoms with van der Waals surface area (Å²) >= 11 is 0. The molecule has 250 valence electrons. The third-order valence-corrected chi connectivity index (χ3v) is 9.23. The molecule has 2 aromatic carbocycles. The van der Waals surface area contributed by atoms with Gasteiger partial charge >= 0.3 is 0 Å². The molecule has 0 saturated carbocycles. The molecule has 2 fully saturated rings. The highest BCUT2D eigenvalue weighted by molar-refractivity contribution is 5.99. The van der Waals surface area contributed by atoms with Crippen LogP contribution in [0.2, 0.25) is 0 Å². The number of carbonyl (C=O) groups is 2. The Hall–Kier alpha value is -3.86. The van der Waals surface area contributed by atoms with Crippen molar-refractivity contribution in [2.45, 2.75) is 83.1 Å². The van der Waals surface area contributed by atoms with Crippen LogP contribution in [0.4, 0.5) is 10.1 Å². The molecular weight excluding hydrogens is 599 g/mol. The smallest absolute Gasteiger partial charge is 0.251 e. The fourth-order valence-electron chi connectivity index (χ4n) is 6.87. The first-order chi connectivity index (χ1) is 22.5. The summed E-state index contributed by atoms with van der Waals surface area (Å²) in [4.78, 5) is 32.0. The van der Waals surface area contributed by atoms with Gasteiger partial charge in [-0.3, -0.25) is 9.59 Å². The molecule has 2 amide bonds. The van der Waals surface area contributed by atoms with Crippen LogP contribution in [0.5, 0.6) is 5.88 Å². The molecule has 0 aliphatic carbocycles. The monoisotopic (exact) mass is 644 g/mol. The van der Waals surface area contributed by atoms with Crippen molar-refractivity contribution in [1.29, 1.82) is 0 Å². The highest BCUT2D eigenvalue weighted by Crippen LogP contribution is 2.43. The lowest BCUT2D eigenvalue weighted by molar-refractivity contribution is -0.117. The number of hydrogen-bond donors (Lipinski definition) is 3. The summed E-state index contributed by atoms with van der Waals surface area (Å²) in [6.07, 6.45) is 4.58. The lowest BCUT2D eigenvalue weighted by atomic mass is 9.85. The van der Waals surface area contributed by atoms with Crippen LogP contribution in [0.25, 0.3) is 0 Å². The molecular formula is C37H45FN4O5. The van der Waals surface area contributed by atoms with Crippen LogP contribution in [0.1, 0.15) is 79.5 Å². The second-order valence-corrected chi connectivity index (χ2v) is 14.4. The molecule has 3 N–H and O–H groups in total. The maximum Gasteiger partial charge on any atom is 0.251 e. The van der Waals surface area contributed by atoms with Gasteiger partial charge < -0.3 is 30.1 Å². The van der Waals surface area contributed by atoms with E-state index in [1.165, 1.54) is 23.1 Å². The number of aliphatic hydroxyl groups excluding tert-OH is 1. The minimum atomic E-state index is -0.966. The largest absolute Gasteiger partial charge is 0.468 e. The van der Waals surface area contributed by atoms with Crippen LogP contribution in [-0.4, -0.2) is 66.0 Å². The Morgan fingerprint density at radius 1 is 1.17 bits per heavy atom. The van der Waals surface area contributed by atoms with E-state index in [1.54, 1.807) is 0 Å². The minimum absolute atomic E-state index is 0.0865. The number of ether oxygens (including phenoxy) is 2. The Kier molecular flexibility index (Phi) is 9.64. The van der Waals surface area contributed by atoms with Crippen molar-refractivity contribution in [3.05, 3.63) is 88.9 Å². The number of nitrogens with one attached hydrogen (secondary N) is 2. The standard InChI is InChI=1S/C37H45FN4O5/c1-36(2,3)19-25-16-27-30(20-37(13-15-46-23-37)47-35(27)40-21-25)39-22-32(43)29(17-24-8-5-4-6-9-24)41-34(45)26-11-12-28(38)31(18-26)42-14-7-10-33(42)44/h4-6,8-9,11-12,16,18,21,29-30,32,39,43H,7,10,13-15,17,19-20,22-23H2,1-3H3,(H,41,45)/t29-,30-,32+,37-/m0/s1. The van der Waals surface area contributed by atoms with Gasteiger partial charge in [0.25, 0.3) is 5.91 Å². The Morgan fingerprint density at radius 2 is 1.98 bits per heavy atom. The van der Waals surface area contributed by atoms with Crippen molar-refractivity contribution in [3.8, 4) is 5.88 Å². The van der Waals surface area contributed by atoms with E-state index in [9.17, 15) is 19.1 Å². The molecule has 3 aliphatic heterocycles. The van der Waals surface area contributed by atoms with Crippen LogP contribution in [0.15, 0.2) is 60.8 Å². The molecule has 4 atom stereocenters. The maximum atomic E-state index is 14.7. The summed E-state index contributed by atoms with van der Waals surface area (Å²) in [6, 6.07) is 15.1. The van der Waals surface area contributed by atoms with Crippen LogP contribution < -0.4 is 20.3 Å². The Labute approximate surface area is 275 Å². The van der Waals surface area contributed by atoms with Crippen LogP contribution in [-0.2, 0) is 22.4 Å². The number of carbonyl (C=O) groups excluding carboxylic acids is 2. The summed E-state index contributed by atoms with van der Waals surface area (Å²) < 4.78 is 26.9. The molecule has 47 heavy (non-hydrogen) atoms. The molecule has 1 spiro atoms. The summed E-state index contributed by atoms with van der Waals surface area (Å²) in [7, 11) is 0. The average Bonchev–Trinajstić information content (AvgIpc) is 3.68. The van der Waals surface area contributed by atoms with Crippen molar-refractivity contribution >= 4 is 17.5 Å². The number of amides is 2. The van der Waals surface area contributed by atoms with Crippen molar-refractivity contribution < 1.29 is 28.6 Å². The predicted octanol–water partition coefficient (Wildman–Crippen LogP) is 4.91. The van der Waals surface area contributed by atoms with Gasteiger partial charge in [0.15, 0.2) is 0 Å². The topological polar surface area (TPSA) is 113 Å². The van der Waals surface area contributed by atoms with E-state index in [-0.39, 0.29) is 35.2 Å². The van der Waals surface area contributed by atoms with E-state index >= 15 is 0 Å². The number of anilines is 1. The molecule has 9 nitrogen and oxygen atoms in total. The number of pyridine rings is 1. The van der Waals surface area contributed by atoms with Gasteiger partial charge in [-0.25, -0.2) is 9.37 Å². The van der Waals surface area contributed by atoms with Crippen molar-refractivity contribution in [2.24, 2.45) is 5.41 Å². The summed E-state index contributed by atoms with van der Waals surface area (Å²) in [6.45, 7) is 8.29. The zero-order valence-electron chi connectivity index (χ0n) is 27.4. The van der Waals surface area contributed by atoms with Gasteiger partial charge in [-0.15, -0.1) is 0 Å². The van der Waals surface area contributed by atoms with E-state index in [0.29, 0.717) is 51.3 Å². The molecule has 10 heteroatoms. The number of benzene rings is 2. The highest BCUT2D eigenvalue weighted by Gasteiger charge is 2.45. The first kappa shape index (κ1) is 33.1.